The first-order valence-corrected chi connectivity index (χ1v) is 4.95. The van der Waals surface area contributed by atoms with Crippen molar-refractivity contribution in [2.45, 2.75) is 39.3 Å². The van der Waals surface area contributed by atoms with E-state index in [1.807, 2.05) is 30.8 Å². The van der Waals surface area contributed by atoms with Crippen molar-refractivity contribution in [3.63, 3.8) is 0 Å². The summed E-state index contributed by atoms with van der Waals surface area (Å²) in [7, 11) is 0. The van der Waals surface area contributed by atoms with E-state index in [0.29, 0.717) is 0 Å². The second-order valence-electron chi connectivity index (χ2n) is 4.18. The molecule has 0 aliphatic heterocycles. The minimum Gasteiger partial charge on any atom is -0.299 e. The Kier molecular flexibility index (Phi) is 2.02. The summed E-state index contributed by atoms with van der Waals surface area (Å²) in [6.45, 7) is 4.98. The van der Waals surface area contributed by atoms with Gasteiger partial charge in [0.25, 0.3) is 0 Å². The molecule has 3 nitrogen and oxygen atoms in total. The van der Waals surface area contributed by atoms with Crippen LogP contribution in [-0.4, -0.2) is 9.13 Å². The smallest absolute Gasteiger partial charge is 0.299 e. The molecule has 13 heavy (non-hydrogen) atoms. The second-order valence-corrected chi connectivity index (χ2v) is 4.18. The maximum absolute atomic E-state index is 11.7. The van der Waals surface area contributed by atoms with Crippen LogP contribution in [0, 0.1) is 5.92 Å². The zero-order valence-corrected chi connectivity index (χ0v) is 8.23. The first kappa shape index (κ1) is 8.60. The largest absolute Gasteiger partial charge is 0.328 e. The quantitative estimate of drug-likeness (QED) is 0.694. The lowest BCUT2D eigenvalue weighted by Crippen LogP contribution is -2.25. The topological polar surface area (TPSA) is 26.9 Å². The third kappa shape index (κ3) is 1.69. The van der Waals surface area contributed by atoms with E-state index in [1.165, 1.54) is 12.8 Å². The first-order chi connectivity index (χ1) is 6.18. The number of rotatable bonds is 3. The molecule has 1 fully saturated rings. The van der Waals surface area contributed by atoms with Crippen molar-refractivity contribution >= 4 is 0 Å². The molecule has 0 N–H and O–H groups in total. The zero-order valence-electron chi connectivity index (χ0n) is 8.23. The van der Waals surface area contributed by atoms with E-state index in [2.05, 4.69) is 0 Å². The Hall–Kier alpha value is -0.990. The van der Waals surface area contributed by atoms with Gasteiger partial charge in [0, 0.05) is 25.0 Å². The fraction of sp³-hybridized carbons (Fsp3) is 0.700. The Labute approximate surface area is 78.0 Å². The van der Waals surface area contributed by atoms with Gasteiger partial charge in [0.1, 0.15) is 0 Å². The fourth-order valence-corrected chi connectivity index (χ4v) is 1.54. The van der Waals surface area contributed by atoms with Gasteiger partial charge < -0.3 is 0 Å². The van der Waals surface area contributed by atoms with Crippen molar-refractivity contribution < 1.29 is 0 Å². The molecule has 0 saturated heterocycles. The normalized spacial score (nSPS) is 16.8. The second kappa shape index (κ2) is 3.05. The van der Waals surface area contributed by atoms with E-state index in [-0.39, 0.29) is 11.7 Å². The summed E-state index contributed by atoms with van der Waals surface area (Å²) in [5.74, 6) is 0.765. The van der Waals surface area contributed by atoms with Crippen molar-refractivity contribution in [1.82, 2.24) is 9.13 Å². The first-order valence-electron chi connectivity index (χ1n) is 4.95. The van der Waals surface area contributed by atoms with Crippen LogP contribution in [0.4, 0.5) is 0 Å². The van der Waals surface area contributed by atoms with Gasteiger partial charge in [-0.2, -0.15) is 0 Å². The summed E-state index contributed by atoms with van der Waals surface area (Å²) in [6, 6.07) is 0.271. The maximum Gasteiger partial charge on any atom is 0.328 e. The van der Waals surface area contributed by atoms with Gasteiger partial charge in [0.2, 0.25) is 0 Å². The van der Waals surface area contributed by atoms with E-state index in [0.717, 1.165) is 12.5 Å². The van der Waals surface area contributed by atoms with Crippen LogP contribution >= 0.6 is 0 Å². The molecule has 0 bridgehead atoms. The van der Waals surface area contributed by atoms with Gasteiger partial charge >= 0.3 is 5.69 Å². The van der Waals surface area contributed by atoms with Crippen LogP contribution in [0.2, 0.25) is 0 Å². The highest BCUT2D eigenvalue weighted by atomic mass is 16.1. The Balaban J connectivity index is 2.21. The van der Waals surface area contributed by atoms with Crippen LogP contribution in [0.15, 0.2) is 17.2 Å². The van der Waals surface area contributed by atoms with Gasteiger partial charge in [-0.15, -0.1) is 0 Å². The lowest BCUT2D eigenvalue weighted by atomic mass is 10.4. The highest BCUT2D eigenvalue weighted by Crippen LogP contribution is 2.29. The summed E-state index contributed by atoms with van der Waals surface area (Å²) < 4.78 is 3.61. The monoisotopic (exact) mass is 180 g/mol. The molecule has 1 saturated carbocycles. The van der Waals surface area contributed by atoms with E-state index < -0.39 is 0 Å². The molecule has 1 aromatic heterocycles. The molecule has 0 radical (unpaired) electrons. The molecule has 0 atom stereocenters. The van der Waals surface area contributed by atoms with Crippen molar-refractivity contribution in [2.24, 2.45) is 5.92 Å². The summed E-state index contributed by atoms with van der Waals surface area (Å²) in [6.07, 6.45) is 6.37. The van der Waals surface area contributed by atoms with Gasteiger partial charge in [0.05, 0.1) is 0 Å². The minimum absolute atomic E-state index is 0.141. The van der Waals surface area contributed by atoms with Crippen LogP contribution in [-0.2, 0) is 6.54 Å². The van der Waals surface area contributed by atoms with E-state index in [9.17, 15) is 4.79 Å². The Morgan fingerprint density at radius 2 is 2.15 bits per heavy atom. The molecule has 0 spiro atoms. The average Bonchev–Trinajstić information content (AvgIpc) is 2.78. The fourth-order valence-electron chi connectivity index (χ4n) is 1.54. The number of imidazole rings is 1. The average molecular weight is 180 g/mol. The number of nitrogens with zero attached hydrogens (tertiary/aromatic N) is 2. The van der Waals surface area contributed by atoms with Crippen molar-refractivity contribution in [3.05, 3.63) is 22.9 Å². The van der Waals surface area contributed by atoms with E-state index >= 15 is 0 Å². The molecule has 0 amide bonds. The van der Waals surface area contributed by atoms with Crippen molar-refractivity contribution in [3.8, 4) is 0 Å². The summed E-state index contributed by atoms with van der Waals surface area (Å²) >= 11 is 0. The maximum atomic E-state index is 11.7. The molecule has 1 aliphatic rings. The number of hydrogen-bond acceptors (Lipinski definition) is 1. The molecule has 1 aromatic rings. The highest BCUT2D eigenvalue weighted by Gasteiger charge is 2.22. The molecule has 72 valence electrons. The molecular weight excluding hydrogens is 164 g/mol. The Bertz CT molecular complexity index is 344. The number of aromatic nitrogens is 2. The molecule has 1 aliphatic carbocycles. The zero-order chi connectivity index (χ0) is 9.42. The third-order valence-corrected chi connectivity index (χ3v) is 2.58. The van der Waals surface area contributed by atoms with Gasteiger partial charge in [-0.3, -0.25) is 9.13 Å². The lowest BCUT2D eigenvalue weighted by Gasteiger charge is -2.04. The van der Waals surface area contributed by atoms with Crippen LogP contribution < -0.4 is 5.69 Å². The van der Waals surface area contributed by atoms with Gasteiger partial charge in [-0.05, 0) is 32.6 Å². The van der Waals surface area contributed by atoms with Crippen LogP contribution in [0.1, 0.15) is 32.7 Å². The van der Waals surface area contributed by atoms with Crippen molar-refractivity contribution in [2.75, 3.05) is 0 Å². The molecule has 3 heteroatoms. The van der Waals surface area contributed by atoms with E-state index in [4.69, 9.17) is 0 Å². The van der Waals surface area contributed by atoms with Gasteiger partial charge in [0.15, 0.2) is 0 Å². The molecule has 0 aromatic carbocycles. The van der Waals surface area contributed by atoms with E-state index in [1.54, 1.807) is 4.57 Å². The summed E-state index contributed by atoms with van der Waals surface area (Å²) in [5.41, 5.74) is 0.141. The van der Waals surface area contributed by atoms with Crippen LogP contribution in [0.5, 0.6) is 0 Å². The standard InChI is InChI=1S/C10H16N2O/c1-8(2)12-6-5-11(10(12)13)7-9-3-4-9/h5-6,8-9H,3-4,7H2,1-2H3. The predicted octanol–water partition coefficient (Wildman–Crippen LogP) is 1.64. The minimum atomic E-state index is 0.141. The Morgan fingerprint density at radius 1 is 1.46 bits per heavy atom. The predicted molar refractivity (Wildman–Crippen MR) is 51.8 cm³/mol. The SMILES string of the molecule is CC(C)n1ccn(CC2CC2)c1=O. The lowest BCUT2D eigenvalue weighted by molar-refractivity contribution is 0.536. The van der Waals surface area contributed by atoms with Crippen LogP contribution in [0.3, 0.4) is 0 Å². The molecule has 2 rings (SSSR count). The molecular formula is C10H16N2O. The number of hydrogen-bond donors (Lipinski definition) is 0. The Morgan fingerprint density at radius 3 is 2.62 bits per heavy atom. The summed E-state index contributed by atoms with van der Waals surface area (Å²) in [4.78, 5) is 11.7. The van der Waals surface area contributed by atoms with Crippen molar-refractivity contribution in [1.29, 1.82) is 0 Å². The molecule has 1 heterocycles. The van der Waals surface area contributed by atoms with Gasteiger partial charge in [-0.25, -0.2) is 4.79 Å². The third-order valence-electron chi connectivity index (χ3n) is 2.58. The highest BCUT2D eigenvalue weighted by molar-refractivity contribution is 4.86. The van der Waals surface area contributed by atoms with Crippen LogP contribution in [0.25, 0.3) is 0 Å². The van der Waals surface area contributed by atoms with Gasteiger partial charge in [-0.1, -0.05) is 0 Å². The molecule has 0 unspecified atom stereocenters. The summed E-state index contributed by atoms with van der Waals surface area (Å²) in [5, 5.41) is 0.